The average molecular weight is 239 g/mol. The lowest BCUT2D eigenvalue weighted by Crippen LogP contribution is -2.38. The highest BCUT2D eigenvalue weighted by atomic mass is 32.1. The Hall–Kier alpha value is -0.870. The molecular formula is C12H17NO2S. The second-order valence-electron chi connectivity index (χ2n) is 4.55. The standard InChI is InChI=1S/C12H17NO2S/c1-7-3-11(16-8(7)2)12(15)13-6-9-4-10(14)5-9/h3,9-10,14H,4-6H2,1-2H3,(H,13,15). The third-order valence-corrected chi connectivity index (χ3v) is 4.30. The first-order chi connectivity index (χ1) is 7.56. The van der Waals surface area contributed by atoms with Crippen LogP contribution in [0.25, 0.3) is 0 Å². The van der Waals surface area contributed by atoms with Crippen molar-refractivity contribution >= 4 is 17.2 Å². The maximum Gasteiger partial charge on any atom is 0.261 e. The van der Waals surface area contributed by atoms with Crippen LogP contribution in [-0.2, 0) is 0 Å². The molecule has 1 fully saturated rings. The Morgan fingerprint density at radius 3 is 2.75 bits per heavy atom. The van der Waals surface area contributed by atoms with Crippen molar-refractivity contribution in [2.75, 3.05) is 6.54 Å². The monoisotopic (exact) mass is 239 g/mol. The second-order valence-corrected chi connectivity index (χ2v) is 5.81. The molecule has 4 heteroatoms. The Morgan fingerprint density at radius 2 is 2.25 bits per heavy atom. The summed E-state index contributed by atoms with van der Waals surface area (Å²) in [6.07, 6.45) is 1.50. The lowest BCUT2D eigenvalue weighted by molar-refractivity contribution is 0.0420. The van der Waals surface area contributed by atoms with Crippen molar-refractivity contribution in [3.8, 4) is 0 Å². The highest BCUT2D eigenvalue weighted by Gasteiger charge is 2.27. The van der Waals surface area contributed by atoms with Gasteiger partial charge in [-0.3, -0.25) is 4.79 Å². The third-order valence-electron chi connectivity index (χ3n) is 3.15. The molecule has 0 saturated heterocycles. The van der Waals surface area contributed by atoms with E-state index in [0.717, 1.165) is 17.7 Å². The molecule has 2 N–H and O–H groups in total. The van der Waals surface area contributed by atoms with E-state index in [0.29, 0.717) is 12.5 Å². The van der Waals surface area contributed by atoms with Crippen LogP contribution in [0.1, 0.15) is 33.0 Å². The number of hydrogen-bond donors (Lipinski definition) is 2. The summed E-state index contributed by atoms with van der Waals surface area (Å²) in [6.45, 7) is 4.73. The maximum atomic E-state index is 11.8. The first kappa shape index (κ1) is 11.6. The van der Waals surface area contributed by atoms with Crippen LogP contribution in [0.3, 0.4) is 0 Å². The van der Waals surface area contributed by atoms with E-state index in [1.54, 1.807) is 0 Å². The predicted molar refractivity (Wildman–Crippen MR) is 64.9 cm³/mol. The normalized spacial score (nSPS) is 23.9. The summed E-state index contributed by atoms with van der Waals surface area (Å²) in [4.78, 5) is 13.8. The van der Waals surface area contributed by atoms with Gasteiger partial charge in [0, 0.05) is 11.4 Å². The first-order valence-corrected chi connectivity index (χ1v) is 6.41. The molecule has 16 heavy (non-hydrogen) atoms. The van der Waals surface area contributed by atoms with Gasteiger partial charge < -0.3 is 10.4 Å². The number of nitrogens with one attached hydrogen (secondary N) is 1. The fraction of sp³-hybridized carbons (Fsp3) is 0.583. The lowest BCUT2D eigenvalue weighted by atomic mass is 9.82. The molecule has 0 radical (unpaired) electrons. The topological polar surface area (TPSA) is 49.3 Å². The third kappa shape index (κ3) is 2.44. The minimum Gasteiger partial charge on any atom is -0.393 e. The van der Waals surface area contributed by atoms with Crippen LogP contribution in [0.5, 0.6) is 0 Å². The van der Waals surface area contributed by atoms with Crippen molar-refractivity contribution in [2.45, 2.75) is 32.8 Å². The fourth-order valence-electron chi connectivity index (χ4n) is 1.88. The summed E-state index contributed by atoms with van der Waals surface area (Å²) in [5.41, 5.74) is 1.18. The van der Waals surface area contributed by atoms with E-state index in [4.69, 9.17) is 5.11 Å². The largest absolute Gasteiger partial charge is 0.393 e. The molecule has 88 valence electrons. The number of carbonyl (C=O) groups is 1. The molecule has 0 atom stereocenters. The van der Waals surface area contributed by atoms with Gasteiger partial charge in [0.05, 0.1) is 11.0 Å². The summed E-state index contributed by atoms with van der Waals surface area (Å²) in [5, 5.41) is 12.1. The van der Waals surface area contributed by atoms with Gasteiger partial charge in [-0.05, 0) is 44.2 Å². The minimum atomic E-state index is -0.145. The van der Waals surface area contributed by atoms with Gasteiger partial charge in [-0.1, -0.05) is 0 Å². The van der Waals surface area contributed by atoms with Crippen LogP contribution in [0.15, 0.2) is 6.07 Å². The SMILES string of the molecule is Cc1cc(C(=O)NCC2CC(O)C2)sc1C. The van der Waals surface area contributed by atoms with Gasteiger partial charge in [0.15, 0.2) is 0 Å². The molecule has 3 nitrogen and oxygen atoms in total. The van der Waals surface area contributed by atoms with Gasteiger partial charge in [-0.25, -0.2) is 0 Å². The van der Waals surface area contributed by atoms with E-state index in [-0.39, 0.29) is 12.0 Å². The van der Waals surface area contributed by atoms with Gasteiger partial charge >= 0.3 is 0 Å². The van der Waals surface area contributed by atoms with E-state index >= 15 is 0 Å². The van der Waals surface area contributed by atoms with Crippen molar-refractivity contribution in [1.29, 1.82) is 0 Å². The number of carbonyl (C=O) groups excluding carboxylic acids is 1. The zero-order chi connectivity index (χ0) is 11.7. The van der Waals surface area contributed by atoms with Crippen molar-refractivity contribution < 1.29 is 9.90 Å². The number of thiophene rings is 1. The van der Waals surface area contributed by atoms with Gasteiger partial charge in [0.25, 0.3) is 5.91 Å². The molecule has 0 bridgehead atoms. The summed E-state index contributed by atoms with van der Waals surface area (Å²) < 4.78 is 0. The summed E-state index contributed by atoms with van der Waals surface area (Å²) in [6, 6.07) is 1.94. The molecule has 1 amide bonds. The van der Waals surface area contributed by atoms with Crippen molar-refractivity contribution in [3.63, 3.8) is 0 Å². The van der Waals surface area contributed by atoms with E-state index in [1.165, 1.54) is 21.8 Å². The van der Waals surface area contributed by atoms with Crippen LogP contribution in [0.4, 0.5) is 0 Å². The molecule has 1 aromatic heterocycles. The van der Waals surface area contributed by atoms with E-state index in [1.807, 2.05) is 19.9 Å². The number of hydrogen-bond acceptors (Lipinski definition) is 3. The Kier molecular flexibility index (Phi) is 3.30. The number of aliphatic hydroxyl groups excluding tert-OH is 1. The second kappa shape index (κ2) is 4.55. The predicted octanol–water partition coefficient (Wildman–Crippen LogP) is 1.87. The molecule has 1 aliphatic rings. The zero-order valence-electron chi connectivity index (χ0n) is 9.62. The zero-order valence-corrected chi connectivity index (χ0v) is 10.4. The van der Waals surface area contributed by atoms with E-state index in [9.17, 15) is 4.79 Å². The molecule has 0 aliphatic heterocycles. The average Bonchev–Trinajstić information content (AvgIpc) is 2.52. The van der Waals surface area contributed by atoms with Crippen LogP contribution in [0, 0.1) is 19.8 Å². The van der Waals surface area contributed by atoms with Gasteiger partial charge in [-0.2, -0.15) is 0 Å². The number of rotatable bonds is 3. The van der Waals surface area contributed by atoms with E-state index in [2.05, 4.69) is 5.32 Å². The van der Waals surface area contributed by atoms with E-state index < -0.39 is 0 Å². The maximum absolute atomic E-state index is 11.8. The van der Waals surface area contributed by atoms with Crippen molar-refractivity contribution in [3.05, 3.63) is 21.4 Å². The smallest absolute Gasteiger partial charge is 0.261 e. The molecule has 1 aliphatic carbocycles. The summed E-state index contributed by atoms with van der Waals surface area (Å²) in [7, 11) is 0. The molecular weight excluding hydrogens is 222 g/mol. The summed E-state index contributed by atoms with van der Waals surface area (Å²) >= 11 is 1.54. The minimum absolute atomic E-state index is 0.0163. The van der Waals surface area contributed by atoms with Gasteiger partial charge in [0.2, 0.25) is 0 Å². The molecule has 1 heterocycles. The number of aryl methyl sites for hydroxylation is 2. The molecule has 1 saturated carbocycles. The Labute approximate surface area is 99.5 Å². The number of aliphatic hydroxyl groups is 1. The Bertz CT molecular complexity index is 374. The highest BCUT2D eigenvalue weighted by Crippen LogP contribution is 2.26. The fourth-order valence-corrected chi connectivity index (χ4v) is 2.83. The molecule has 0 unspecified atom stereocenters. The van der Waals surface area contributed by atoms with Crippen LogP contribution in [0.2, 0.25) is 0 Å². The van der Waals surface area contributed by atoms with Crippen LogP contribution >= 0.6 is 11.3 Å². The molecule has 2 rings (SSSR count). The summed E-state index contributed by atoms with van der Waals surface area (Å²) in [5.74, 6) is 0.476. The van der Waals surface area contributed by atoms with Crippen LogP contribution in [-0.4, -0.2) is 23.7 Å². The number of amides is 1. The molecule has 0 spiro atoms. The van der Waals surface area contributed by atoms with Crippen LogP contribution < -0.4 is 5.32 Å². The first-order valence-electron chi connectivity index (χ1n) is 5.59. The Morgan fingerprint density at radius 1 is 1.56 bits per heavy atom. The van der Waals surface area contributed by atoms with Crippen molar-refractivity contribution in [1.82, 2.24) is 5.32 Å². The van der Waals surface area contributed by atoms with Gasteiger partial charge in [0.1, 0.15) is 0 Å². The lowest BCUT2D eigenvalue weighted by Gasteiger charge is -2.31. The Balaban J connectivity index is 1.84. The van der Waals surface area contributed by atoms with Gasteiger partial charge in [-0.15, -0.1) is 11.3 Å². The van der Waals surface area contributed by atoms with Crippen molar-refractivity contribution in [2.24, 2.45) is 5.92 Å². The highest BCUT2D eigenvalue weighted by molar-refractivity contribution is 7.14. The quantitative estimate of drug-likeness (QED) is 0.846. The molecule has 0 aromatic carbocycles. The molecule has 1 aromatic rings.